The first-order valence-corrected chi connectivity index (χ1v) is 5.89. The highest BCUT2D eigenvalue weighted by molar-refractivity contribution is 5.67. The van der Waals surface area contributed by atoms with Gasteiger partial charge in [-0.05, 0) is 42.8 Å². The molecule has 0 aliphatic carbocycles. The lowest BCUT2D eigenvalue weighted by Crippen LogP contribution is -2.23. The second-order valence-electron chi connectivity index (χ2n) is 4.07. The minimum atomic E-state index is -0.271. The van der Waals surface area contributed by atoms with E-state index < -0.39 is 0 Å². The summed E-state index contributed by atoms with van der Waals surface area (Å²) < 4.78 is 13.3. The second-order valence-corrected chi connectivity index (χ2v) is 4.07. The third kappa shape index (κ3) is 2.77. The number of hydrogen-bond donors (Lipinski definition) is 1. The Morgan fingerprint density at radius 3 is 2.61 bits per heavy atom. The van der Waals surface area contributed by atoms with Crippen LogP contribution in [0.3, 0.4) is 0 Å². The van der Waals surface area contributed by atoms with Crippen LogP contribution in [-0.2, 0) is 6.54 Å². The topological polar surface area (TPSA) is 42.2 Å². The van der Waals surface area contributed by atoms with Crippen LogP contribution in [0, 0.1) is 5.82 Å². The zero-order valence-corrected chi connectivity index (χ0v) is 10.3. The molecule has 0 amide bonds. The van der Waals surface area contributed by atoms with Crippen LogP contribution in [0.15, 0.2) is 42.7 Å². The lowest BCUT2D eigenvalue weighted by molar-refractivity contribution is 0.626. The fraction of sp³-hybridized carbons (Fsp3) is 0.214. The monoisotopic (exact) mass is 245 g/mol. The smallest absolute Gasteiger partial charge is 0.125 e. The molecule has 0 saturated carbocycles. The number of rotatable bonds is 4. The summed E-state index contributed by atoms with van der Waals surface area (Å²) in [7, 11) is 0. The van der Waals surface area contributed by atoms with Crippen molar-refractivity contribution >= 4 is 11.4 Å². The number of nitrogens with zero attached hydrogens (tertiary/aromatic N) is 2. The van der Waals surface area contributed by atoms with E-state index >= 15 is 0 Å². The van der Waals surface area contributed by atoms with Gasteiger partial charge >= 0.3 is 0 Å². The van der Waals surface area contributed by atoms with Gasteiger partial charge in [-0.15, -0.1) is 0 Å². The van der Waals surface area contributed by atoms with Gasteiger partial charge in [-0.25, -0.2) is 4.39 Å². The van der Waals surface area contributed by atoms with E-state index in [4.69, 9.17) is 5.73 Å². The lowest BCUT2D eigenvalue weighted by Gasteiger charge is -2.24. The Kier molecular flexibility index (Phi) is 3.77. The third-order valence-corrected chi connectivity index (χ3v) is 2.84. The standard InChI is InChI=1S/C14H16FN3/c1-2-18(10-11-5-7-17-8-6-11)14-9-12(15)3-4-13(14)16/h3-9H,2,10,16H2,1H3. The number of pyridine rings is 1. The van der Waals surface area contributed by atoms with E-state index in [0.717, 1.165) is 17.8 Å². The van der Waals surface area contributed by atoms with Crippen molar-refractivity contribution in [2.75, 3.05) is 17.2 Å². The summed E-state index contributed by atoms with van der Waals surface area (Å²) in [5.41, 5.74) is 8.34. The Balaban J connectivity index is 2.26. The molecule has 0 bridgehead atoms. The number of anilines is 2. The number of benzene rings is 1. The number of nitrogens with two attached hydrogens (primary N) is 1. The zero-order chi connectivity index (χ0) is 13.0. The van der Waals surface area contributed by atoms with Crippen molar-refractivity contribution in [1.29, 1.82) is 0 Å². The van der Waals surface area contributed by atoms with Gasteiger partial charge in [0, 0.05) is 25.5 Å². The van der Waals surface area contributed by atoms with Crippen molar-refractivity contribution in [3.63, 3.8) is 0 Å². The maximum atomic E-state index is 13.3. The van der Waals surface area contributed by atoms with Crippen LogP contribution in [0.2, 0.25) is 0 Å². The van der Waals surface area contributed by atoms with Crippen LogP contribution in [0.1, 0.15) is 12.5 Å². The van der Waals surface area contributed by atoms with Crippen molar-refractivity contribution in [2.24, 2.45) is 0 Å². The van der Waals surface area contributed by atoms with Gasteiger partial charge in [-0.2, -0.15) is 0 Å². The minimum Gasteiger partial charge on any atom is -0.397 e. The van der Waals surface area contributed by atoms with Crippen molar-refractivity contribution < 1.29 is 4.39 Å². The van der Waals surface area contributed by atoms with Crippen LogP contribution in [0.25, 0.3) is 0 Å². The van der Waals surface area contributed by atoms with Gasteiger partial charge in [0.1, 0.15) is 5.82 Å². The van der Waals surface area contributed by atoms with Crippen molar-refractivity contribution in [2.45, 2.75) is 13.5 Å². The summed E-state index contributed by atoms with van der Waals surface area (Å²) in [5, 5.41) is 0. The molecule has 0 unspecified atom stereocenters. The zero-order valence-electron chi connectivity index (χ0n) is 10.3. The predicted molar refractivity (Wildman–Crippen MR) is 71.8 cm³/mol. The molecule has 94 valence electrons. The molecular weight excluding hydrogens is 229 g/mol. The van der Waals surface area contributed by atoms with Crippen molar-refractivity contribution in [3.05, 3.63) is 54.1 Å². The Morgan fingerprint density at radius 2 is 1.94 bits per heavy atom. The molecule has 2 aromatic rings. The van der Waals surface area contributed by atoms with Gasteiger partial charge in [0.15, 0.2) is 0 Å². The van der Waals surface area contributed by atoms with E-state index in [1.165, 1.54) is 12.1 Å². The molecule has 2 N–H and O–H groups in total. The predicted octanol–water partition coefficient (Wildman–Crippen LogP) is 2.83. The highest BCUT2D eigenvalue weighted by atomic mass is 19.1. The molecule has 0 radical (unpaired) electrons. The molecule has 0 aliphatic rings. The molecule has 0 fully saturated rings. The first-order chi connectivity index (χ1) is 8.70. The van der Waals surface area contributed by atoms with E-state index in [1.807, 2.05) is 24.0 Å². The highest BCUT2D eigenvalue weighted by Crippen LogP contribution is 2.25. The lowest BCUT2D eigenvalue weighted by atomic mass is 10.2. The molecule has 1 aromatic carbocycles. The molecule has 0 spiro atoms. The molecule has 1 heterocycles. The Hall–Kier alpha value is -2.10. The molecule has 0 saturated heterocycles. The largest absolute Gasteiger partial charge is 0.397 e. The molecule has 0 aliphatic heterocycles. The average molecular weight is 245 g/mol. The number of nitrogen functional groups attached to an aromatic ring is 1. The van der Waals surface area contributed by atoms with Gasteiger partial charge in [-0.1, -0.05) is 0 Å². The fourth-order valence-corrected chi connectivity index (χ4v) is 1.87. The summed E-state index contributed by atoms with van der Waals surface area (Å²) in [6.07, 6.45) is 3.50. The normalized spacial score (nSPS) is 10.3. The van der Waals surface area contributed by atoms with E-state index in [-0.39, 0.29) is 5.82 Å². The molecule has 1 aromatic heterocycles. The van der Waals surface area contributed by atoms with Crippen LogP contribution in [-0.4, -0.2) is 11.5 Å². The Labute approximate surface area is 106 Å². The maximum absolute atomic E-state index is 13.3. The van der Waals surface area contributed by atoms with E-state index in [2.05, 4.69) is 4.98 Å². The van der Waals surface area contributed by atoms with Gasteiger partial charge in [0.2, 0.25) is 0 Å². The van der Waals surface area contributed by atoms with Crippen molar-refractivity contribution in [1.82, 2.24) is 4.98 Å². The summed E-state index contributed by atoms with van der Waals surface area (Å²) >= 11 is 0. The Morgan fingerprint density at radius 1 is 1.22 bits per heavy atom. The molecule has 2 rings (SSSR count). The van der Waals surface area contributed by atoms with Gasteiger partial charge in [-0.3, -0.25) is 4.98 Å². The number of halogens is 1. The van der Waals surface area contributed by atoms with Crippen LogP contribution < -0.4 is 10.6 Å². The van der Waals surface area contributed by atoms with Gasteiger partial charge in [0.25, 0.3) is 0 Å². The fourth-order valence-electron chi connectivity index (χ4n) is 1.87. The van der Waals surface area contributed by atoms with Gasteiger partial charge < -0.3 is 10.6 Å². The van der Waals surface area contributed by atoms with Crippen LogP contribution >= 0.6 is 0 Å². The molecule has 4 heteroatoms. The Bertz CT molecular complexity index is 514. The summed E-state index contributed by atoms with van der Waals surface area (Å²) in [6.45, 7) is 3.47. The van der Waals surface area contributed by atoms with E-state index in [0.29, 0.717) is 12.2 Å². The summed E-state index contributed by atoms with van der Waals surface area (Å²) in [5.74, 6) is -0.271. The summed E-state index contributed by atoms with van der Waals surface area (Å²) in [4.78, 5) is 6.02. The minimum absolute atomic E-state index is 0.271. The maximum Gasteiger partial charge on any atom is 0.125 e. The van der Waals surface area contributed by atoms with E-state index in [9.17, 15) is 4.39 Å². The highest BCUT2D eigenvalue weighted by Gasteiger charge is 2.09. The molecular formula is C14H16FN3. The molecule has 3 nitrogen and oxygen atoms in total. The molecule has 18 heavy (non-hydrogen) atoms. The quantitative estimate of drug-likeness (QED) is 0.842. The first kappa shape index (κ1) is 12.4. The number of hydrogen-bond acceptors (Lipinski definition) is 3. The van der Waals surface area contributed by atoms with Crippen LogP contribution in [0.4, 0.5) is 15.8 Å². The van der Waals surface area contributed by atoms with Crippen molar-refractivity contribution in [3.8, 4) is 0 Å². The second kappa shape index (κ2) is 5.49. The summed E-state index contributed by atoms with van der Waals surface area (Å²) in [6, 6.07) is 8.33. The van der Waals surface area contributed by atoms with E-state index in [1.54, 1.807) is 18.5 Å². The third-order valence-electron chi connectivity index (χ3n) is 2.84. The SMILES string of the molecule is CCN(Cc1ccncc1)c1cc(F)ccc1N. The van der Waals surface area contributed by atoms with Gasteiger partial charge in [0.05, 0.1) is 11.4 Å². The first-order valence-electron chi connectivity index (χ1n) is 5.89. The molecule has 0 atom stereocenters. The average Bonchev–Trinajstić information content (AvgIpc) is 2.40. The van der Waals surface area contributed by atoms with Crippen LogP contribution in [0.5, 0.6) is 0 Å². The number of aromatic nitrogens is 1.